The SMILES string of the molecule is CC[C@@H](C)C(NC(=O)C[C@H](NC(=O)/C=C/c1ccc2c(c1)OCO2)c1ccccc1)C(=O)[C@@H]1C(=O)NC(=O)[C@H]1C. The van der Waals surface area contributed by atoms with Crippen LogP contribution in [0.5, 0.6) is 11.5 Å². The van der Waals surface area contributed by atoms with Crippen LogP contribution in [0, 0.1) is 17.8 Å². The van der Waals surface area contributed by atoms with Crippen LogP contribution in [0.4, 0.5) is 0 Å². The van der Waals surface area contributed by atoms with E-state index in [1.54, 1.807) is 55.5 Å². The van der Waals surface area contributed by atoms with Crippen LogP contribution in [0.2, 0.25) is 0 Å². The van der Waals surface area contributed by atoms with E-state index in [1.165, 1.54) is 13.0 Å². The maximum absolute atomic E-state index is 13.3. The molecule has 0 radical (unpaired) electrons. The molecule has 0 aromatic heterocycles. The summed E-state index contributed by atoms with van der Waals surface area (Å²) in [6.45, 7) is 5.36. The Bertz CT molecular complexity index is 1320. The summed E-state index contributed by atoms with van der Waals surface area (Å²) >= 11 is 0. The molecule has 2 heterocycles. The Kier molecular flexibility index (Phi) is 8.98. The molecule has 2 aliphatic heterocycles. The van der Waals surface area contributed by atoms with Gasteiger partial charge in [-0.3, -0.25) is 29.3 Å². The van der Waals surface area contributed by atoms with Crippen LogP contribution in [0.3, 0.4) is 0 Å². The average Bonchev–Trinajstić information content (AvgIpc) is 3.52. The molecule has 2 aliphatic rings. The maximum Gasteiger partial charge on any atom is 0.244 e. The fourth-order valence-electron chi connectivity index (χ4n) is 4.75. The zero-order valence-electron chi connectivity index (χ0n) is 22.6. The summed E-state index contributed by atoms with van der Waals surface area (Å²) < 4.78 is 10.7. The van der Waals surface area contributed by atoms with Gasteiger partial charge in [0.2, 0.25) is 30.4 Å². The molecular formula is C30H33N3O7. The minimum atomic E-state index is -1.15. The van der Waals surface area contributed by atoms with E-state index >= 15 is 0 Å². The van der Waals surface area contributed by atoms with E-state index in [1.807, 2.05) is 13.0 Å². The quantitative estimate of drug-likeness (QED) is 0.223. The number of amides is 4. The van der Waals surface area contributed by atoms with Crippen molar-refractivity contribution in [3.8, 4) is 11.5 Å². The summed E-state index contributed by atoms with van der Waals surface area (Å²) in [6, 6.07) is 12.7. The van der Waals surface area contributed by atoms with Gasteiger partial charge >= 0.3 is 0 Å². The normalized spacial score (nSPS) is 20.1. The van der Waals surface area contributed by atoms with E-state index in [9.17, 15) is 24.0 Å². The van der Waals surface area contributed by atoms with Gasteiger partial charge in [0.15, 0.2) is 17.3 Å². The first-order valence-corrected chi connectivity index (χ1v) is 13.3. The van der Waals surface area contributed by atoms with Crippen LogP contribution >= 0.6 is 0 Å². The Labute approximate surface area is 232 Å². The molecule has 4 amide bonds. The van der Waals surface area contributed by atoms with Crippen molar-refractivity contribution < 1.29 is 33.4 Å². The number of hydrogen-bond acceptors (Lipinski definition) is 7. The number of rotatable bonds is 11. The Balaban J connectivity index is 1.46. The topological polar surface area (TPSA) is 140 Å². The number of ether oxygens (including phenoxy) is 2. The molecule has 40 heavy (non-hydrogen) atoms. The molecule has 2 aromatic rings. The molecule has 0 spiro atoms. The smallest absolute Gasteiger partial charge is 0.244 e. The largest absolute Gasteiger partial charge is 0.454 e. The van der Waals surface area contributed by atoms with Gasteiger partial charge in [-0.05, 0) is 35.3 Å². The summed E-state index contributed by atoms with van der Waals surface area (Å²) in [5.41, 5.74) is 1.45. The van der Waals surface area contributed by atoms with Crippen LogP contribution < -0.4 is 25.4 Å². The zero-order valence-corrected chi connectivity index (χ0v) is 22.6. The van der Waals surface area contributed by atoms with Crippen molar-refractivity contribution in [2.24, 2.45) is 17.8 Å². The summed E-state index contributed by atoms with van der Waals surface area (Å²) in [7, 11) is 0. The monoisotopic (exact) mass is 547 g/mol. The second-order valence-corrected chi connectivity index (χ2v) is 10.1. The molecule has 10 heteroatoms. The third-order valence-corrected chi connectivity index (χ3v) is 7.32. The van der Waals surface area contributed by atoms with Crippen LogP contribution in [-0.2, 0) is 24.0 Å². The third kappa shape index (κ3) is 6.56. The zero-order chi connectivity index (χ0) is 28.8. The van der Waals surface area contributed by atoms with Gasteiger partial charge < -0.3 is 20.1 Å². The predicted molar refractivity (Wildman–Crippen MR) is 146 cm³/mol. The van der Waals surface area contributed by atoms with Gasteiger partial charge in [-0.25, -0.2) is 0 Å². The van der Waals surface area contributed by atoms with E-state index in [0.29, 0.717) is 23.5 Å². The highest BCUT2D eigenvalue weighted by molar-refractivity contribution is 6.16. The molecule has 5 atom stereocenters. The van der Waals surface area contributed by atoms with Gasteiger partial charge in [0, 0.05) is 6.08 Å². The molecule has 210 valence electrons. The number of hydrogen-bond donors (Lipinski definition) is 3. The maximum atomic E-state index is 13.3. The summed E-state index contributed by atoms with van der Waals surface area (Å²) in [5.74, 6) is -3.52. The van der Waals surface area contributed by atoms with Crippen molar-refractivity contribution in [2.75, 3.05) is 6.79 Å². The number of carbonyl (C=O) groups excluding carboxylic acids is 5. The highest BCUT2D eigenvalue weighted by atomic mass is 16.7. The summed E-state index contributed by atoms with van der Waals surface area (Å²) in [5, 5.41) is 7.85. The number of ketones is 1. The second kappa shape index (κ2) is 12.6. The van der Waals surface area contributed by atoms with E-state index in [-0.39, 0.29) is 19.1 Å². The standard InChI is InChI=1S/C30H33N3O7/c1-4-17(2)27(28(36)26-18(3)29(37)33-30(26)38)32-25(35)15-21(20-8-6-5-7-9-20)31-24(34)13-11-19-10-12-22-23(14-19)40-16-39-22/h5-14,17-18,21,26-27H,4,15-16H2,1-3H3,(H,31,34)(H,32,35)(H,33,37,38)/b13-11+/t17-,18+,21+,26-,27?/m1/s1. The first-order chi connectivity index (χ1) is 19.2. The lowest BCUT2D eigenvalue weighted by molar-refractivity contribution is -0.137. The van der Waals surface area contributed by atoms with E-state index in [0.717, 1.165) is 5.56 Å². The number of fused-ring (bicyclic) bond motifs is 1. The highest BCUT2D eigenvalue weighted by Gasteiger charge is 2.46. The lowest BCUT2D eigenvalue weighted by Gasteiger charge is -2.27. The Hall–Kier alpha value is -4.47. The summed E-state index contributed by atoms with van der Waals surface area (Å²) in [6.07, 6.45) is 3.43. The van der Waals surface area contributed by atoms with Crippen LogP contribution in [-0.4, -0.2) is 42.2 Å². The fraction of sp³-hybridized carbons (Fsp3) is 0.367. The lowest BCUT2D eigenvalue weighted by Crippen LogP contribution is -2.50. The first kappa shape index (κ1) is 28.5. The number of nitrogens with one attached hydrogen (secondary N) is 3. The molecule has 0 aliphatic carbocycles. The fourth-order valence-corrected chi connectivity index (χ4v) is 4.75. The number of imide groups is 1. The number of benzene rings is 2. The van der Waals surface area contributed by atoms with Crippen LogP contribution in [0.15, 0.2) is 54.6 Å². The lowest BCUT2D eigenvalue weighted by atomic mass is 9.83. The van der Waals surface area contributed by atoms with Crippen molar-refractivity contribution >= 4 is 35.5 Å². The minimum absolute atomic E-state index is 0.140. The molecule has 1 saturated heterocycles. The van der Waals surface area contributed by atoms with Crippen molar-refractivity contribution in [1.82, 2.24) is 16.0 Å². The molecule has 10 nitrogen and oxygen atoms in total. The van der Waals surface area contributed by atoms with Gasteiger partial charge in [0.1, 0.15) is 5.92 Å². The second-order valence-electron chi connectivity index (χ2n) is 10.1. The Morgan fingerprint density at radius 1 is 1.02 bits per heavy atom. The molecule has 3 N–H and O–H groups in total. The van der Waals surface area contributed by atoms with Crippen molar-refractivity contribution in [1.29, 1.82) is 0 Å². The van der Waals surface area contributed by atoms with Gasteiger partial charge in [-0.1, -0.05) is 63.6 Å². The number of Topliss-reactive ketones (excluding diaryl/α,β-unsaturated/α-hetero) is 1. The molecule has 1 unspecified atom stereocenters. The first-order valence-electron chi connectivity index (χ1n) is 13.3. The van der Waals surface area contributed by atoms with E-state index < -0.39 is 53.3 Å². The highest BCUT2D eigenvalue weighted by Crippen LogP contribution is 2.33. The molecule has 0 bridgehead atoms. The van der Waals surface area contributed by atoms with Gasteiger partial charge in [-0.2, -0.15) is 0 Å². The average molecular weight is 548 g/mol. The molecule has 1 fully saturated rings. The Morgan fingerprint density at radius 3 is 2.42 bits per heavy atom. The van der Waals surface area contributed by atoms with Crippen LogP contribution in [0.25, 0.3) is 6.08 Å². The van der Waals surface area contributed by atoms with Gasteiger partial charge in [0.05, 0.1) is 24.4 Å². The third-order valence-electron chi connectivity index (χ3n) is 7.32. The van der Waals surface area contributed by atoms with E-state index in [4.69, 9.17) is 9.47 Å². The Morgan fingerprint density at radius 2 is 1.75 bits per heavy atom. The predicted octanol–water partition coefficient (Wildman–Crippen LogP) is 2.68. The minimum Gasteiger partial charge on any atom is -0.454 e. The molecular weight excluding hydrogens is 514 g/mol. The molecule has 0 saturated carbocycles. The van der Waals surface area contributed by atoms with Gasteiger partial charge in [-0.15, -0.1) is 0 Å². The van der Waals surface area contributed by atoms with Crippen molar-refractivity contribution in [3.05, 3.63) is 65.7 Å². The van der Waals surface area contributed by atoms with E-state index in [2.05, 4.69) is 16.0 Å². The van der Waals surface area contributed by atoms with Crippen molar-refractivity contribution in [3.63, 3.8) is 0 Å². The van der Waals surface area contributed by atoms with Gasteiger partial charge in [0.25, 0.3) is 0 Å². The van der Waals surface area contributed by atoms with Crippen LogP contribution in [0.1, 0.15) is 50.8 Å². The molecule has 2 aromatic carbocycles. The number of carbonyl (C=O) groups is 5. The molecule has 4 rings (SSSR count). The summed E-state index contributed by atoms with van der Waals surface area (Å²) in [4.78, 5) is 63.7. The van der Waals surface area contributed by atoms with Crippen molar-refractivity contribution in [2.45, 2.75) is 45.7 Å².